The van der Waals surface area contributed by atoms with E-state index in [4.69, 9.17) is 4.74 Å². The molecule has 0 atom stereocenters. The van der Waals surface area contributed by atoms with Gasteiger partial charge in [-0.05, 0) is 25.7 Å². The minimum Gasteiger partial charge on any atom is -0.378 e. The summed E-state index contributed by atoms with van der Waals surface area (Å²) in [5, 5.41) is 0. The van der Waals surface area contributed by atoms with Gasteiger partial charge in [0.2, 0.25) is 0 Å². The van der Waals surface area contributed by atoms with E-state index in [0.717, 1.165) is 0 Å². The third-order valence-electron chi connectivity index (χ3n) is 2.93. The average Bonchev–Trinajstić information content (AvgIpc) is 2.28. The lowest BCUT2D eigenvalue weighted by Gasteiger charge is -2.40. The van der Waals surface area contributed by atoms with Crippen LogP contribution in [-0.4, -0.2) is 12.7 Å². The standard InChI is InChI=1S/C10H20O.2C2H6/c1-3-4-5-7-10(11-2)8-6-9-10;2*1-2/h3-9H2,1-2H3;2*1-2H3. The van der Waals surface area contributed by atoms with Gasteiger partial charge in [-0.3, -0.25) is 0 Å². The summed E-state index contributed by atoms with van der Waals surface area (Å²) in [5.41, 5.74) is 0.315. The lowest BCUT2D eigenvalue weighted by Crippen LogP contribution is -2.38. The molecule has 0 heterocycles. The van der Waals surface area contributed by atoms with Crippen molar-refractivity contribution in [2.75, 3.05) is 7.11 Å². The highest BCUT2D eigenvalue weighted by molar-refractivity contribution is 4.88. The lowest BCUT2D eigenvalue weighted by atomic mass is 9.76. The average molecular weight is 216 g/mol. The molecular formula is C14H32O. The van der Waals surface area contributed by atoms with Gasteiger partial charge in [0.25, 0.3) is 0 Å². The van der Waals surface area contributed by atoms with Gasteiger partial charge in [-0.15, -0.1) is 0 Å². The van der Waals surface area contributed by atoms with E-state index in [1.165, 1.54) is 44.9 Å². The van der Waals surface area contributed by atoms with Crippen LogP contribution in [0.25, 0.3) is 0 Å². The van der Waals surface area contributed by atoms with Crippen molar-refractivity contribution in [1.82, 2.24) is 0 Å². The fourth-order valence-electron chi connectivity index (χ4n) is 1.82. The largest absolute Gasteiger partial charge is 0.378 e. The zero-order valence-corrected chi connectivity index (χ0v) is 11.9. The fourth-order valence-corrected chi connectivity index (χ4v) is 1.82. The fraction of sp³-hybridized carbons (Fsp3) is 1.00. The maximum absolute atomic E-state index is 5.52. The van der Waals surface area contributed by atoms with Gasteiger partial charge in [-0.25, -0.2) is 0 Å². The number of unbranched alkanes of at least 4 members (excludes halogenated alkanes) is 2. The van der Waals surface area contributed by atoms with Gasteiger partial charge in [0.1, 0.15) is 0 Å². The highest BCUT2D eigenvalue weighted by atomic mass is 16.5. The van der Waals surface area contributed by atoms with Crippen molar-refractivity contribution in [1.29, 1.82) is 0 Å². The summed E-state index contributed by atoms with van der Waals surface area (Å²) in [7, 11) is 1.87. The van der Waals surface area contributed by atoms with Crippen LogP contribution in [-0.2, 0) is 4.74 Å². The van der Waals surface area contributed by atoms with Crippen molar-refractivity contribution in [2.45, 2.75) is 85.2 Å². The van der Waals surface area contributed by atoms with E-state index in [1.807, 2.05) is 34.8 Å². The molecule has 1 rings (SSSR count). The zero-order chi connectivity index (χ0) is 12.2. The molecular weight excluding hydrogens is 184 g/mol. The number of rotatable bonds is 5. The SMILES string of the molecule is CC.CC.CCCCCC1(OC)CCC1. The van der Waals surface area contributed by atoms with Crippen molar-refractivity contribution in [3.8, 4) is 0 Å². The van der Waals surface area contributed by atoms with Crippen molar-refractivity contribution in [3.05, 3.63) is 0 Å². The predicted octanol–water partition coefficient (Wildman–Crippen LogP) is 5.19. The molecule has 0 bridgehead atoms. The maximum atomic E-state index is 5.52. The quantitative estimate of drug-likeness (QED) is 0.575. The van der Waals surface area contributed by atoms with Crippen LogP contribution in [0.4, 0.5) is 0 Å². The molecule has 1 aliphatic rings. The molecule has 0 radical (unpaired) electrons. The monoisotopic (exact) mass is 216 g/mol. The molecule has 1 nitrogen and oxygen atoms in total. The zero-order valence-electron chi connectivity index (χ0n) is 11.9. The van der Waals surface area contributed by atoms with Gasteiger partial charge in [0, 0.05) is 7.11 Å². The normalized spacial score (nSPS) is 16.4. The topological polar surface area (TPSA) is 9.23 Å². The van der Waals surface area contributed by atoms with E-state index in [0.29, 0.717) is 5.60 Å². The molecule has 15 heavy (non-hydrogen) atoms. The molecule has 0 N–H and O–H groups in total. The van der Waals surface area contributed by atoms with E-state index in [1.54, 1.807) is 0 Å². The third-order valence-corrected chi connectivity index (χ3v) is 2.93. The van der Waals surface area contributed by atoms with E-state index in [2.05, 4.69) is 6.92 Å². The molecule has 1 fully saturated rings. The number of hydrogen-bond acceptors (Lipinski definition) is 1. The Morgan fingerprint density at radius 2 is 1.53 bits per heavy atom. The second-order valence-electron chi connectivity index (χ2n) is 3.70. The smallest absolute Gasteiger partial charge is 0.0678 e. The van der Waals surface area contributed by atoms with Crippen molar-refractivity contribution in [2.24, 2.45) is 0 Å². The van der Waals surface area contributed by atoms with Crippen LogP contribution >= 0.6 is 0 Å². The van der Waals surface area contributed by atoms with Crippen LogP contribution in [0, 0.1) is 0 Å². The van der Waals surface area contributed by atoms with E-state index >= 15 is 0 Å². The van der Waals surface area contributed by atoms with Crippen LogP contribution in [0.2, 0.25) is 0 Å². The van der Waals surface area contributed by atoms with Crippen LogP contribution in [0.15, 0.2) is 0 Å². The first-order valence-corrected chi connectivity index (χ1v) is 6.88. The summed E-state index contributed by atoms with van der Waals surface area (Å²) in [4.78, 5) is 0. The summed E-state index contributed by atoms with van der Waals surface area (Å²) in [5.74, 6) is 0. The summed E-state index contributed by atoms with van der Waals surface area (Å²) < 4.78 is 5.52. The van der Waals surface area contributed by atoms with Crippen molar-refractivity contribution >= 4 is 0 Å². The van der Waals surface area contributed by atoms with Crippen LogP contribution < -0.4 is 0 Å². The summed E-state index contributed by atoms with van der Waals surface area (Å²) in [6, 6.07) is 0. The van der Waals surface area contributed by atoms with E-state index in [-0.39, 0.29) is 0 Å². The Morgan fingerprint density at radius 1 is 1.00 bits per heavy atom. The molecule has 0 unspecified atom stereocenters. The highest BCUT2D eigenvalue weighted by Crippen LogP contribution is 2.39. The Bertz CT molecular complexity index is 100. The van der Waals surface area contributed by atoms with Gasteiger partial charge in [-0.1, -0.05) is 53.9 Å². The van der Waals surface area contributed by atoms with Crippen molar-refractivity contribution in [3.63, 3.8) is 0 Å². The second-order valence-corrected chi connectivity index (χ2v) is 3.70. The maximum Gasteiger partial charge on any atom is 0.0678 e. The first-order chi connectivity index (χ1) is 7.33. The number of hydrogen-bond donors (Lipinski definition) is 0. The molecule has 94 valence electrons. The van der Waals surface area contributed by atoms with E-state index < -0.39 is 0 Å². The Labute approximate surface area is 97.6 Å². The number of ether oxygens (including phenoxy) is 1. The molecule has 0 aromatic heterocycles. The Kier molecular flexibility index (Phi) is 13.9. The predicted molar refractivity (Wildman–Crippen MR) is 70.4 cm³/mol. The second kappa shape index (κ2) is 12.0. The highest BCUT2D eigenvalue weighted by Gasteiger charge is 2.35. The molecule has 0 saturated heterocycles. The van der Waals surface area contributed by atoms with Crippen LogP contribution in [0.5, 0.6) is 0 Å². The Morgan fingerprint density at radius 3 is 1.80 bits per heavy atom. The minimum absolute atomic E-state index is 0.315. The molecule has 0 amide bonds. The van der Waals surface area contributed by atoms with Gasteiger partial charge in [0.05, 0.1) is 5.60 Å². The summed E-state index contributed by atoms with van der Waals surface area (Å²) in [6.45, 7) is 10.3. The van der Waals surface area contributed by atoms with Gasteiger partial charge < -0.3 is 4.74 Å². The Balaban J connectivity index is 0. The summed E-state index contributed by atoms with van der Waals surface area (Å²) >= 11 is 0. The van der Waals surface area contributed by atoms with Gasteiger partial charge in [0.15, 0.2) is 0 Å². The van der Waals surface area contributed by atoms with Gasteiger partial charge >= 0.3 is 0 Å². The lowest BCUT2D eigenvalue weighted by molar-refractivity contribution is -0.0788. The first kappa shape index (κ1) is 17.4. The van der Waals surface area contributed by atoms with Gasteiger partial charge in [-0.2, -0.15) is 0 Å². The van der Waals surface area contributed by atoms with E-state index in [9.17, 15) is 0 Å². The molecule has 0 aromatic rings. The molecule has 0 aliphatic heterocycles. The molecule has 1 heteroatoms. The summed E-state index contributed by atoms with van der Waals surface area (Å²) in [6.07, 6.45) is 9.30. The van der Waals surface area contributed by atoms with Crippen LogP contribution in [0.1, 0.15) is 79.6 Å². The molecule has 0 aromatic carbocycles. The van der Waals surface area contributed by atoms with Crippen LogP contribution in [0.3, 0.4) is 0 Å². The molecule has 0 spiro atoms. The molecule has 1 aliphatic carbocycles. The molecule has 1 saturated carbocycles. The van der Waals surface area contributed by atoms with Crippen molar-refractivity contribution < 1.29 is 4.74 Å². The Hall–Kier alpha value is -0.0400. The first-order valence-electron chi connectivity index (χ1n) is 6.88. The third kappa shape index (κ3) is 6.94. The minimum atomic E-state index is 0.315. The number of methoxy groups -OCH3 is 1.